The van der Waals surface area contributed by atoms with Crippen LogP contribution in [0.1, 0.15) is 24.8 Å². The number of carbonyl (C=O) groups excluding carboxylic acids is 1. The Balaban J connectivity index is 2.00. The minimum absolute atomic E-state index is 0.152. The summed E-state index contributed by atoms with van der Waals surface area (Å²) in [5.41, 5.74) is -0.647. The van der Waals surface area contributed by atoms with E-state index in [2.05, 4.69) is 10.6 Å². The molecule has 1 aromatic carbocycles. The lowest BCUT2D eigenvalue weighted by molar-refractivity contribution is -0.137. The van der Waals surface area contributed by atoms with Crippen LogP contribution in [0.2, 0.25) is 0 Å². The van der Waals surface area contributed by atoms with Gasteiger partial charge in [0, 0.05) is 0 Å². The molecule has 2 N–H and O–H groups in total. The van der Waals surface area contributed by atoms with E-state index < -0.39 is 17.3 Å². The molecule has 0 radical (unpaired) electrons. The van der Waals surface area contributed by atoms with Gasteiger partial charge in [-0.1, -0.05) is 0 Å². The molecule has 18 heavy (non-hydrogen) atoms. The van der Waals surface area contributed by atoms with E-state index in [4.69, 9.17) is 0 Å². The number of halogens is 3. The molecule has 3 nitrogen and oxygen atoms in total. The monoisotopic (exact) mass is 256 g/mol. The van der Waals surface area contributed by atoms with Crippen LogP contribution in [0.25, 0.3) is 0 Å². The molecule has 0 atom stereocenters. The Morgan fingerprint density at radius 2 is 1.89 bits per heavy atom. The van der Waals surface area contributed by atoms with Gasteiger partial charge in [-0.25, -0.2) is 0 Å². The predicted octanol–water partition coefficient (Wildman–Crippen LogP) is 2.99. The number of nitrogens with one attached hydrogen (secondary N) is 2. The fraction of sp³-hybridized carbons (Fsp3) is 0.417. The Bertz CT molecular complexity index is 521. The van der Waals surface area contributed by atoms with Gasteiger partial charge in [-0.15, -0.1) is 0 Å². The fourth-order valence-corrected chi connectivity index (χ4v) is 2.37. The molecular weight excluding hydrogens is 245 g/mol. The first-order chi connectivity index (χ1) is 8.41. The first-order valence-corrected chi connectivity index (χ1v) is 5.72. The highest BCUT2D eigenvalue weighted by atomic mass is 19.4. The number of hydrogen-bond donors (Lipinski definition) is 2. The van der Waals surface area contributed by atoms with Crippen LogP contribution in [0, 0.1) is 0 Å². The molecule has 1 aromatic rings. The van der Waals surface area contributed by atoms with Crippen molar-refractivity contribution < 1.29 is 18.0 Å². The first kappa shape index (κ1) is 11.4. The number of amides is 1. The topological polar surface area (TPSA) is 41.1 Å². The summed E-state index contributed by atoms with van der Waals surface area (Å²) in [4.78, 5) is 11.8. The van der Waals surface area contributed by atoms with Crippen LogP contribution in [0.3, 0.4) is 0 Å². The average Bonchev–Trinajstić information content (AvgIpc) is 2.24. The zero-order valence-electron chi connectivity index (χ0n) is 9.40. The standard InChI is InChI=1S/C12H11F3N2O/c13-12(14,15)7-2-3-8-9(6-7)17-11(4-1-5-11)10(18)16-8/h2-3,6,17H,1,4-5H2,(H,16,18). The second kappa shape index (κ2) is 3.40. The minimum atomic E-state index is -4.37. The largest absolute Gasteiger partial charge is 0.416 e. The number of alkyl halides is 3. The van der Waals surface area contributed by atoms with Gasteiger partial charge in [0.05, 0.1) is 16.9 Å². The SMILES string of the molecule is O=C1Nc2ccc(C(F)(F)F)cc2NC12CCC2. The normalized spacial score (nSPS) is 20.7. The molecule has 3 rings (SSSR count). The van der Waals surface area contributed by atoms with E-state index in [0.29, 0.717) is 24.2 Å². The average molecular weight is 256 g/mol. The van der Waals surface area contributed by atoms with Crippen LogP contribution < -0.4 is 10.6 Å². The molecule has 0 aromatic heterocycles. The molecule has 1 spiro atoms. The van der Waals surface area contributed by atoms with Crippen molar-refractivity contribution in [1.82, 2.24) is 0 Å². The van der Waals surface area contributed by atoms with Gasteiger partial charge in [0.1, 0.15) is 5.54 Å². The van der Waals surface area contributed by atoms with Crippen molar-refractivity contribution in [3.63, 3.8) is 0 Å². The summed E-state index contributed by atoms with van der Waals surface area (Å²) in [7, 11) is 0. The van der Waals surface area contributed by atoms with Crippen molar-refractivity contribution in [3.05, 3.63) is 23.8 Å². The summed E-state index contributed by atoms with van der Waals surface area (Å²) in [6.07, 6.45) is -2.14. The molecule has 0 saturated heterocycles. The highest BCUT2D eigenvalue weighted by molar-refractivity contribution is 6.06. The minimum Gasteiger partial charge on any atom is -0.370 e. The summed E-state index contributed by atoms with van der Waals surface area (Å²) >= 11 is 0. The summed E-state index contributed by atoms with van der Waals surface area (Å²) in [5, 5.41) is 5.62. The number of fused-ring (bicyclic) bond motifs is 1. The van der Waals surface area contributed by atoms with E-state index in [-0.39, 0.29) is 5.91 Å². The van der Waals surface area contributed by atoms with E-state index in [1.807, 2.05) is 0 Å². The van der Waals surface area contributed by atoms with E-state index in [9.17, 15) is 18.0 Å². The maximum atomic E-state index is 12.6. The molecule has 1 heterocycles. The Labute approximate surface area is 101 Å². The molecule has 0 unspecified atom stereocenters. The molecule has 96 valence electrons. The van der Waals surface area contributed by atoms with Crippen molar-refractivity contribution in [3.8, 4) is 0 Å². The Morgan fingerprint density at radius 3 is 2.44 bits per heavy atom. The smallest absolute Gasteiger partial charge is 0.370 e. The molecule has 1 saturated carbocycles. The first-order valence-electron chi connectivity index (χ1n) is 5.72. The Hall–Kier alpha value is -1.72. The van der Waals surface area contributed by atoms with Crippen LogP contribution in [0.5, 0.6) is 0 Å². The van der Waals surface area contributed by atoms with Gasteiger partial charge in [0.15, 0.2) is 0 Å². The van der Waals surface area contributed by atoms with E-state index in [0.717, 1.165) is 18.6 Å². The van der Waals surface area contributed by atoms with Crippen LogP contribution in [-0.2, 0) is 11.0 Å². The predicted molar refractivity (Wildman–Crippen MR) is 60.3 cm³/mol. The molecule has 1 amide bonds. The van der Waals surface area contributed by atoms with Gasteiger partial charge in [-0.2, -0.15) is 13.2 Å². The maximum Gasteiger partial charge on any atom is 0.416 e. The third kappa shape index (κ3) is 1.55. The van der Waals surface area contributed by atoms with Crippen LogP contribution in [0.4, 0.5) is 24.5 Å². The molecular formula is C12H11F3N2O. The summed E-state index contributed by atoms with van der Waals surface area (Å²) in [5.74, 6) is -0.152. The number of rotatable bonds is 0. The summed E-state index contributed by atoms with van der Waals surface area (Å²) in [6.45, 7) is 0. The van der Waals surface area contributed by atoms with Gasteiger partial charge < -0.3 is 10.6 Å². The third-order valence-corrected chi connectivity index (χ3v) is 3.61. The number of hydrogen-bond acceptors (Lipinski definition) is 2. The van der Waals surface area contributed by atoms with Crippen LogP contribution in [-0.4, -0.2) is 11.4 Å². The molecule has 6 heteroatoms. The Kier molecular flexibility index (Phi) is 2.15. The maximum absolute atomic E-state index is 12.6. The molecule has 0 bridgehead atoms. The van der Waals surface area contributed by atoms with E-state index in [1.54, 1.807) is 0 Å². The lowest BCUT2D eigenvalue weighted by Crippen LogP contribution is -2.57. The van der Waals surface area contributed by atoms with Crippen LogP contribution >= 0.6 is 0 Å². The van der Waals surface area contributed by atoms with Crippen LogP contribution in [0.15, 0.2) is 18.2 Å². The second-order valence-corrected chi connectivity index (χ2v) is 4.77. The van der Waals surface area contributed by atoms with Crippen molar-refractivity contribution in [2.45, 2.75) is 31.0 Å². The zero-order valence-corrected chi connectivity index (χ0v) is 9.40. The quantitative estimate of drug-likeness (QED) is 0.749. The highest BCUT2D eigenvalue weighted by Crippen LogP contribution is 2.43. The third-order valence-electron chi connectivity index (χ3n) is 3.61. The summed E-state index contributed by atoms with van der Waals surface area (Å²) < 4.78 is 37.8. The van der Waals surface area contributed by atoms with Crippen molar-refractivity contribution >= 4 is 17.3 Å². The number of anilines is 2. The van der Waals surface area contributed by atoms with Gasteiger partial charge in [-0.05, 0) is 37.5 Å². The second-order valence-electron chi connectivity index (χ2n) is 4.77. The van der Waals surface area contributed by atoms with E-state index in [1.165, 1.54) is 6.07 Å². The van der Waals surface area contributed by atoms with Crippen molar-refractivity contribution in [1.29, 1.82) is 0 Å². The molecule has 1 aliphatic carbocycles. The van der Waals surface area contributed by atoms with Gasteiger partial charge in [0.2, 0.25) is 5.91 Å². The molecule has 2 aliphatic rings. The van der Waals surface area contributed by atoms with Crippen molar-refractivity contribution in [2.75, 3.05) is 10.6 Å². The van der Waals surface area contributed by atoms with Gasteiger partial charge in [-0.3, -0.25) is 4.79 Å². The summed E-state index contributed by atoms with van der Waals surface area (Å²) in [6, 6.07) is 3.31. The van der Waals surface area contributed by atoms with Gasteiger partial charge >= 0.3 is 6.18 Å². The highest BCUT2D eigenvalue weighted by Gasteiger charge is 2.47. The Morgan fingerprint density at radius 1 is 1.17 bits per heavy atom. The lowest BCUT2D eigenvalue weighted by Gasteiger charge is -2.45. The number of carbonyl (C=O) groups is 1. The molecule has 1 fully saturated rings. The fourth-order valence-electron chi connectivity index (χ4n) is 2.37. The van der Waals surface area contributed by atoms with E-state index >= 15 is 0 Å². The van der Waals surface area contributed by atoms with Gasteiger partial charge in [0.25, 0.3) is 0 Å². The van der Waals surface area contributed by atoms with Crippen molar-refractivity contribution in [2.24, 2.45) is 0 Å². The lowest BCUT2D eigenvalue weighted by atomic mass is 9.74. The zero-order chi connectivity index (χ0) is 13.0. The molecule has 1 aliphatic heterocycles. The number of benzene rings is 1.